The number of ether oxygens (including phenoxy) is 2. The minimum absolute atomic E-state index is 0.0826. The first-order valence-electron chi connectivity index (χ1n) is 16.4. The van der Waals surface area contributed by atoms with Gasteiger partial charge in [-0.05, 0) is 61.0 Å². The Morgan fingerprint density at radius 1 is 0.898 bits per heavy atom. The molecule has 0 saturated heterocycles. The molecule has 4 rings (SSSR count). The third-order valence-electron chi connectivity index (χ3n) is 8.17. The van der Waals surface area contributed by atoms with Gasteiger partial charge < -0.3 is 30.5 Å². The van der Waals surface area contributed by atoms with Crippen LogP contribution in [-0.4, -0.2) is 88.0 Å². The zero-order valence-electron chi connectivity index (χ0n) is 28.5. The lowest BCUT2D eigenvalue weighted by atomic mass is 10.0. The molecule has 0 radical (unpaired) electrons. The first-order chi connectivity index (χ1) is 23.6. The topological polar surface area (TPSA) is 151 Å². The molecule has 4 N–H and O–H groups in total. The second-order valence-corrected chi connectivity index (χ2v) is 11.7. The lowest BCUT2D eigenvalue weighted by molar-refractivity contribution is -0.179. The van der Waals surface area contributed by atoms with Crippen molar-refractivity contribution in [2.75, 3.05) is 26.8 Å². The number of rotatable bonds is 17. The molecule has 0 spiro atoms. The summed E-state index contributed by atoms with van der Waals surface area (Å²) in [6.45, 7) is 6.45. The van der Waals surface area contributed by atoms with Crippen LogP contribution in [0.2, 0.25) is 0 Å². The fraction of sp³-hybridized carbons (Fsp3) is 0.351. The highest BCUT2D eigenvalue weighted by Crippen LogP contribution is 2.23. The number of amides is 4. The van der Waals surface area contributed by atoms with E-state index in [-0.39, 0.29) is 37.7 Å². The average Bonchev–Trinajstić information content (AvgIpc) is 3.09. The van der Waals surface area contributed by atoms with Crippen molar-refractivity contribution in [3.05, 3.63) is 108 Å². The van der Waals surface area contributed by atoms with Crippen LogP contribution in [0.4, 0.5) is 4.79 Å². The Morgan fingerprint density at radius 3 is 2.24 bits per heavy atom. The lowest BCUT2D eigenvalue weighted by Gasteiger charge is -2.37. The number of aromatic nitrogens is 1. The molecule has 260 valence electrons. The summed E-state index contributed by atoms with van der Waals surface area (Å²) < 4.78 is 11.9. The molecule has 0 aliphatic heterocycles. The minimum Gasteiger partial charge on any atom is -0.508 e. The van der Waals surface area contributed by atoms with Gasteiger partial charge in [-0.25, -0.2) is 9.80 Å². The molecule has 0 bridgehead atoms. The minimum atomic E-state index is -1.02. The summed E-state index contributed by atoms with van der Waals surface area (Å²) in [6, 6.07) is 21.2. The van der Waals surface area contributed by atoms with Crippen molar-refractivity contribution in [3.8, 4) is 5.75 Å². The largest absolute Gasteiger partial charge is 0.508 e. The zero-order valence-corrected chi connectivity index (χ0v) is 28.5. The first kappa shape index (κ1) is 36.8. The van der Waals surface area contributed by atoms with Gasteiger partial charge in [0.25, 0.3) is 0 Å². The van der Waals surface area contributed by atoms with Crippen molar-refractivity contribution in [1.29, 1.82) is 0 Å². The van der Waals surface area contributed by atoms with Crippen LogP contribution in [0.25, 0.3) is 10.8 Å². The lowest BCUT2D eigenvalue weighted by Crippen LogP contribution is -2.57. The van der Waals surface area contributed by atoms with Gasteiger partial charge >= 0.3 is 6.03 Å². The number of phenolic OH excluding ortho intramolecular Hbond substituents is 1. The van der Waals surface area contributed by atoms with E-state index in [1.165, 1.54) is 22.2 Å². The summed E-state index contributed by atoms with van der Waals surface area (Å²) in [6.07, 6.45) is 2.89. The second kappa shape index (κ2) is 17.9. The first-order valence-corrected chi connectivity index (χ1v) is 16.4. The SMILES string of the molecule is CCOC(OCC)[C@H](C)N(Cc1cccc2cnccc12)C(=O)[C@H](Cc1ccc(O)cc1)NC(=O)CN(C)N(Cc1ccccc1)C(N)=O. The highest BCUT2D eigenvalue weighted by atomic mass is 16.7. The predicted octanol–water partition coefficient (Wildman–Crippen LogP) is 4.21. The molecular weight excluding hydrogens is 624 g/mol. The van der Waals surface area contributed by atoms with Gasteiger partial charge in [-0.15, -0.1) is 0 Å². The number of phenols is 1. The van der Waals surface area contributed by atoms with Crippen LogP contribution in [0.15, 0.2) is 91.3 Å². The van der Waals surface area contributed by atoms with Crippen molar-refractivity contribution in [2.45, 2.75) is 58.7 Å². The number of urea groups is 1. The van der Waals surface area contributed by atoms with Gasteiger partial charge in [-0.2, -0.15) is 0 Å². The number of likely N-dealkylation sites (N-methyl/N-ethyl adjacent to an activating group) is 1. The highest BCUT2D eigenvalue weighted by Gasteiger charge is 2.34. The number of hydrazine groups is 1. The highest BCUT2D eigenvalue weighted by molar-refractivity contribution is 5.90. The molecular formula is C37H46N6O6. The van der Waals surface area contributed by atoms with E-state index in [2.05, 4.69) is 10.3 Å². The maximum absolute atomic E-state index is 14.8. The Hall–Kier alpha value is -5.04. The Labute approximate surface area is 287 Å². The van der Waals surface area contributed by atoms with Crippen molar-refractivity contribution < 1.29 is 29.0 Å². The molecule has 12 nitrogen and oxygen atoms in total. The van der Waals surface area contributed by atoms with Gasteiger partial charge in [0, 0.05) is 51.0 Å². The summed E-state index contributed by atoms with van der Waals surface area (Å²) in [5.41, 5.74) is 8.14. The van der Waals surface area contributed by atoms with Crippen molar-refractivity contribution in [1.82, 2.24) is 25.2 Å². The van der Waals surface area contributed by atoms with E-state index in [9.17, 15) is 19.5 Å². The van der Waals surface area contributed by atoms with Crippen LogP contribution in [0.1, 0.15) is 37.5 Å². The standard InChI is InChI=1S/C37H46N6O6/c1-5-48-36(49-6-2)26(3)42(24-30-14-10-13-29-22-39-20-19-32(29)30)35(46)33(21-27-15-17-31(44)18-16-27)40-34(45)25-41(4)43(37(38)47)23-28-11-8-7-9-12-28/h7-20,22,26,33,36,44H,5-6,21,23-25H2,1-4H3,(H2,38,47)(H,40,45)/t26-,33-/m0/s1. The fourth-order valence-electron chi connectivity index (χ4n) is 5.66. The summed E-state index contributed by atoms with van der Waals surface area (Å²) in [7, 11) is 1.59. The maximum atomic E-state index is 14.8. The zero-order chi connectivity index (χ0) is 35.3. The summed E-state index contributed by atoms with van der Waals surface area (Å²) in [5.74, 6) is -0.767. The summed E-state index contributed by atoms with van der Waals surface area (Å²) in [5, 5.41) is 17.4. The number of nitrogens with one attached hydrogen (secondary N) is 1. The van der Waals surface area contributed by atoms with Crippen LogP contribution in [-0.2, 0) is 38.6 Å². The molecule has 4 aromatic rings. The Morgan fingerprint density at radius 2 is 1.59 bits per heavy atom. The van der Waals surface area contributed by atoms with Crippen LogP contribution < -0.4 is 11.1 Å². The van der Waals surface area contributed by atoms with E-state index in [1.54, 1.807) is 36.5 Å². The van der Waals surface area contributed by atoms with Crippen LogP contribution in [0.5, 0.6) is 5.75 Å². The Kier molecular flexibility index (Phi) is 13.5. The van der Waals surface area contributed by atoms with Crippen molar-refractivity contribution in [2.24, 2.45) is 5.73 Å². The molecule has 4 amide bonds. The van der Waals surface area contributed by atoms with E-state index < -0.39 is 30.3 Å². The molecule has 0 saturated carbocycles. The Balaban J connectivity index is 1.66. The summed E-state index contributed by atoms with van der Waals surface area (Å²) >= 11 is 0. The maximum Gasteiger partial charge on any atom is 0.329 e. The number of nitrogens with zero attached hydrogens (tertiary/aromatic N) is 4. The number of hydrogen-bond acceptors (Lipinski definition) is 8. The smallest absolute Gasteiger partial charge is 0.329 e. The number of primary amides is 1. The molecule has 0 unspecified atom stereocenters. The normalized spacial score (nSPS) is 12.5. The molecule has 1 aromatic heterocycles. The number of carbonyl (C=O) groups is 3. The van der Waals surface area contributed by atoms with E-state index in [4.69, 9.17) is 15.2 Å². The second-order valence-electron chi connectivity index (χ2n) is 11.7. The number of hydrogen-bond donors (Lipinski definition) is 3. The van der Waals surface area contributed by atoms with Crippen LogP contribution in [0, 0.1) is 0 Å². The number of nitrogens with two attached hydrogens (primary N) is 1. The molecule has 3 aromatic carbocycles. The van der Waals surface area contributed by atoms with Gasteiger partial charge in [0.15, 0.2) is 6.29 Å². The van der Waals surface area contributed by atoms with E-state index in [0.29, 0.717) is 13.2 Å². The quantitative estimate of drug-likeness (QED) is 0.112. The molecule has 0 fully saturated rings. The van der Waals surface area contributed by atoms with E-state index in [1.807, 2.05) is 75.4 Å². The van der Waals surface area contributed by atoms with E-state index in [0.717, 1.165) is 27.5 Å². The third-order valence-corrected chi connectivity index (χ3v) is 8.17. The van der Waals surface area contributed by atoms with Gasteiger partial charge in [0.1, 0.15) is 11.8 Å². The molecule has 2 atom stereocenters. The molecule has 1 heterocycles. The Bertz CT molecular complexity index is 1660. The average molecular weight is 671 g/mol. The van der Waals surface area contributed by atoms with Gasteiger partial charge in [-0.1, -0.05) is 60.7 Å². The van der Waals surface area contributed by atoms with Gasteiger partial charge in [0.2, 0.25) is 11.8 Å². The fourth-order valence-corrected chi connectivity index (χ4v) is 5.66. The van der Waals surface area contributed by atoms with Crippen molar-refractivity contribution >= 4 is 28.6 Å². The van der Waals surface area contributed by atoms with Crippen LogP contribution in [0.3, 0.4) is 0 Å². The predicted molar refractivity (Wildman–Crippen MR) is 187 cm³/mol. The number of pyridine rings is 1. The molecule has 12 heteroatoms. The van der Waals surface area contributed by atoms with E-state index >= 15 is 0 Å². The van der Waals surface area contributed by atoms with Gasteiger partial charge in [0.05, 0.1) is 19.1 Å². The number of fused-ring (bicyclic) bond motifs is 1. The van der Waals surface area contributed by atoms with Crippen molar-refractivity contribution in [3.63, 3.8) is 0 Å². The monoisotopic (exact) mass is 670 g/mol. The number of carbonyl (C=O) groups excluding carboxylic acids is 3. The molecule has 0 aliphatic carbocycles. The van der Waals surface area contributed by atoms with Gasteiger partial charge in [-0.3, -0.25) is 19.6 Å². The summed E-state index contributed by atoms with van der Waals surface area (Å²) in [4.78, 5) is 46.7. The third kappa shape index (κ3) is 10.2. The molecule has 0 aliphatic rings. The number of aromatic hydroxyl groups is 1. The number of benzene rings is 3. The van der Waals surface area contributed by atoms with Crippen LogP contribution >= 0.6 is 0 Å². The molecule has 49 heavy (non-hydrogen) atoms.